The minimum absolute atomic E-state index is 0.0762. The van der Waals surface area contributed by atoms with Crippen molar-refractivity contribution in [3.63, 3.8) is 0 Å². The number of hydrogen-bond acceptors (Lipinski definition) is 7. The lowest BCUT2D eigenvalue weighted by Crippen LogP contribution is -2.29. The zero-order valence-corrected chi connectivity index (χ0v) is 15.3. The van der Waals surface area contributed by atoms with E-state index in [1.165, 1.54) is 18.6 Å². The number of esters is 1. The van der Waals surface area contributed by atoms with Gasteiger partial charge in [0.2, 0.25) is 0 Å². The average molecular weight is 382 g/mol. The topological polar surface area (TPSA) is 114 Å². The van der Waals surface area contributed by atoms with Crippen molar-refractivity contribution in [1.29, 1.82) is 0 Å². The Labute approximate surface area is 160 Å². The van der Waals surface area contributed by atoms with E-state index in [1.54, 1.807) is 6.08 Å². The van der Waals surface area contributed by atoms with Crippen LogP contribution < -0.4 is 0 Å². The molecule has 3 rings (SSSR count). The predicted octanol–water partition coefficient (Wildman–Crippen LogP) is 3.58. The summed E-state index contributed by atoms with van der Waals surface area (Å²) in [5.74, 6) is -2.89. The normalized spacial score (nSPS) is 14.1. The second-order valence-electron chi connectivity index (χ2n) is 6.57. The molecule has 0 saturated carbocycles. The fraction of sp³-hybridized carbons (Fsp3) is 0.190. The standard InChI is InChI=1S/C21H18O7/c1-11(2)3-6-17(28-21(26)12-7-8-27-10-12)13-9-16(24)18-14(22)4-5-15(23)19(18)20(13)25/h3-5,7-10,17,22-23H,6H2,1-2H3/t17-/m1/s1. The van der Waals surface area contributed by atoms with Gasteiger partial charge < -0.3 is 19.4 Å². The minimum atomic E-state index is -1.05. The number of benzene rings is 1. The molecule has 0 radical (unpaired) electrons. The summed E-state index contributed by atoms with van der Waals surface area (Å²) in [6, 6.07) is 3.68. The van der Waals surface area contributed by atoms with E-state index in [2.05, 4.69) is 0 Å². The number of fused-ring (bicyclic) bond motifs is 1. The first-order chi connectivity index (χ1) is 13.3. The van der Waals surface area contributed by atoms with Gasteiger partial charge in [0.25, 0.3) is 0 Å². The molecule has 2 aromatic rings. The number of phenolic OH excluding ortho intramolecular Hbond substituents is 2. The first-order valence-electron chi connectivity index (χ1n) is 8.51. The highest BCUT2D eigenvalue weighted by atomic mass is 16.5. The van der Waals surface area contributed by atoms with Crippen LogP contribution in [0.15, 0.2) is 58.4 Å². The van der Waals surface area contributed by atoms with E-state index in [4.69, 9.17) is 9.15 Å². The van der Waals surface area contributed by atoms with Crippen molar-refractivity contribution in [3.05, 3.63) is 70.7 Å². The van der Waals surface area contributed by atoms with Crippen LogP contribution in [0.2, 0.25) is 0 Å². The number of aromatic hydroxyl groups is 2. The van der Waals surface area contributed by atoms with Crippen LogP contribution in [0.4, 0.5) is 0 Å². The molecule has 1 aliphatic rings. The van der Waals surface area contributed by atoms with Gasteiger partial charge in [-0.2, -0.15) is 0 Å². The Morgan fingerprint density at radius 3 is 2.43 bits per heavy atom. The summed E-state index contributed by atoms with van der Waals surface area (Å²) in [4.78, 5) is 37.8. The zero-order chi connectivity index (χ0) is 20.4. The first-order valence-corrected chi connectivity index (χ1v) is 8.51. The molecule has 0 saturated heterocycles. The summed E-state index contributed by atoms with van der Waals surface area (Å²) >= 11 is 0. The molecule has 0 bridgehead atoms. The van der Waals surface area contributed by atoms with E-state index >= 15 is 0 Å². The summed E-state index contributed by atoms with van der Waals surface area (Å²) in [5, 5.41) is 20.0. The van der Waals surface area contributed by atoms with Gasteiger partial charge in [0.05, 0.1) is 23.0 Å². The lowest BCUT2D eigenvalue weighted by molar-refractivity contribution is 0.0372. The maximum Gasteiger partial charge on any atom is 0.342 e. The number of rotatable bonds is 5. The fourth-order valence-corrected chi connectivity index (χ4v) is 2.88. The molecule has 1 aromatic carbocycles. The van der Waals surface area contributed by atoms with Crippen LogP contribution in [0, 0.1) is 0 Å². The van der Waals surface area contributed by atoms with Crippen LogP contribution in [0.3, 0.4) is 0 Å². The molecule has 0 spiro atoms. The number of ether oxygens (including phenoxy) is 1. The van der Waals surface area contributed by atoms with Gasteiger partial charge in [-0.05, 0) is 38.1 Å². The van der Waals surface area contributed by atoms with Crippen LogP contribution in [-0.2, 0) is 4.74 Å². The van der Waals surface area contributed by atoms with E-state index in [0.717, 1.165) is 23.8 Å². The maximum atomic E-state index is 13.0. The van der Waals surface area contributed by atoms with Crippen LogP contribution in [0.25, 0.3) is 0 Å². The molecule has 28 heavy (non-hydrogen) atoms. The van der Waals surface area contributed by atoms with Gasteiger partial charge >= 0.3 is 5.97 Å². The van der Waals surface area contributed by atoms with Crippen molar-refractivity contribution >= 4 is 17.5 Å². The molecule has 7 heteroatoms. The molecule has 1 atom stereocenters. The van der Waals surface area contributed by atoms with E-state index in [9.17, 15) is 24.6 Å². The van der Waals surface area contributed by atoms with E-state index < -0.39 is 35.1 Å². The van der Waals surface area contributed by atoms with E-state index in [0.29, 0.717) is 0 Å². The molecule has 0 amide bonds. The van der Waals surface area contributed by atoms with Gasteiger partial charge in [0, 0.05) is 12.0 Å². The van der Waals surface area contributed by atoms with Crippen LogP contribution in [-0.4, -0.2) is 33.9 Å². The summed E-state index contributed by atoms with van der Waals surface area (Å²) in [6.07, 6.45) is 4.43. The fourth-order valence-electron chi connectivity index (χ4n) is 2.88. The Morgan fingerprint density at radius 2 is 1.82 bits per heavy atom. The number of carbonyl (C=O) groups excluding carboxylic acids is 3. The number of hydrogen-bond donors (Lipinski definition) is 2. The summed E-state index contributed by atoms with van der Waals surface area (Å²) in [6.45, 7) is 3.69. The van der Waals surface area contributed by atoms with Crippen LogP contribution in [0.1, 0.15) is 51.3 Å². The number of carbonyl (C=O) groups is 3. The Morgan fingerprint density at radius 1 is 1.14 bits per heavy atom. The van der Waals surface area contributed by atoms with Crippen LogP contribution >= 0.6 is 0 Å². The van der Waals surface area contributed by atoms with Crippen molar-refractivity contribution in [1.82, 2.24) is 0 Å². The van der Waals surface area contributed by atoms with Crippen molar-refractivity contribution in [3.8, 4) is 11.5 Å². The Bertz CT molecular complexity index is 1010. The molecule has 144 valence electrons. The third-order valence-corrected chi connectivity index (χ3v) is 4.28. The number of Topliss-reactive ketones (excluding diaryl/α,β-unsaturated/α-hetero) is 1. The van der Waals surface area contributed by atoms with Gasteiger partial charge in [0.15, 0.2) is 11.6 Å². The summed E-state index contributed by atoms with van der Waals surface area (Å²) < 4.78 is 10.3. The molecule has 2 N–H and O–H groups in total. The molecule has 1 aromatic heterocycles. The van der Waals surface area contributed by atoms with Gasteiger partial charge in [-0.25, -0.2) is 4.79 Å². The predicted molar refractivity (Wildman–Crippen MR) is 98.5 cm³/mol. The molecule has 0 fully saturated rings. The van der Waals surface area contributed by atoms with Gasteiger partial charge in [-0.1, -0.05) is 11.6 Å². The highest BCUT2D eigenvalue weighted by molar-refractivity contribution is 6.27. The van der Waals surface area contributed by atoms with Gasteiger partial charge in [-0.3, -0.25) is 9.59 Å². The molecule has 1 heterocycles. The Kier molecular flexibility index (Phi) is 5.17. The van der Waals surface area contributed by atoms with E-state index in [-0.39, 0.29) is 28.7 Å². The number of ketones is 2. The summed E-state index contributed by atoms with van der Waals surface area (Å²) in [7, 11) is 0. The number of furan rings is 1. The number of phenols is 2. The molecular weight excluding hydrogens is 364 g/mol. The molecular formula is C21H18O7. The Balaban J connectivity index is 2.01. The van der Waals surface area contributed by atoms with Crippen molar-refractivity contribution in [2.45, 2.75) is 26.4 Å². The quantitative estimate of drug-likeness (QED) is 0.461. The molecule has 0 aliphatic heterocycles. The minimum Gasteiger partial charge on any atom is -0.507 e. The third-order valence-electron chi connectivity index (χ3n) is 4.28. The molecule has 7 nitrogen and oxygen atoms in total. The smallest absolute Gasteiger partial charge is 0.342 e. The maximum absolute atomic E-state index is 13.0. The van der Waals surface area contributed by atoms with E-state index in [1.807, 2.05) is 13.8 Å². The largest absolute Gasteiger partial charge is 0.507 e. The zero-order valence-electron chi connectivity index (χ0n) is 15.3. The van der Waals surface area contributed by atoms with Crippen molar-refractivity contribution in [2.75, 3.05) is 0 Å². The third kappa shape index (κ3) is 3.59. The molecule has 0 unspecified atom stereocenters. The lowest BCUT2D eigenvalue weighted by Gasteiger charge is -2.23. The van der Waals surface area contributed by atoms with Crippen molar-refractivity contribution < 1.29 is 33.8 Å². The van der Waals surface area contributed by atoms with Gasteiger partial charge in [0.1, 0.15) is 23.9 Å². The SMILES string of the molecule is CC(C)=CC[C@@H](OC(=O)c1ccoc1)C1=CC(=O)c2c(O)ccc(O)c2C1=O. The average Bonchev–Trinajstić information content (AvgIpc) is 3.18. The highest BCUT2D eigenvalue weighted by Gasteiger charge is 2.35. The lowest BCUT2D eigenvalue weighted by atomic mass is 9.85. The number of allylic oxidation sites excluding steroid dienone is 2. The highest BCUT2D eigenvalue weighted by Crippen LogP contribution is 2.36. The van der Waals surface area contributed by atoms with Gasteiger partial charge in [-0.15, -0.1) is 0 Å². The Hall–Kier alpha value is -3.61. The van der Waals surface area contributed by atoms with Crippen molar-refractivity contribution in [2.24, 2.45) is 0 Å². The first kappa shape index (κ1) is 19.2. The summed E-state index contributed by atoms with van der Waals surface area (Å²) in [5.41, 5.74) is 0.450. The molecule has 1 aliphatic carbocycles. The second-order valence-corrected chi connectivity index (χ2v) is 6.57. The second kappa shape index (κ2) is 7.56. The monoisotopic (exact) mass is 382 g/mol. The van der Waals surface area contributed by atoms with Crippen LogP contribution in [0.5, 0.6) is 11.5 Å².